The lowest BCUT2D eigenvalue weighted by Crippen LogP contribution is -2.15. The van der Waals surface area contributed by atoms with E-state index in [9.17, 15) is 9.50 Å². The van der Waals surface area contributed by atoms with Crippen LogP contribution in [0.25, 0.3) is 27.7 Å². The van der Waals surface area contributed by atoms with Crippen LogP contribution < -0.4 is 0 Å². The molecule has 1 aliphatic carbocycles. The number of nitrogens with zero attached hydrogens (tertiary/aromatic N) is 5. The van der Waals surface area contributed by atoms with Crippen LogP contribution in [-0.2, 0) is 0 Å². The highest BCUT2D eigenvalue weighted by Gasteiger charge is 2.23. The highest BCUT2D eigenvalue weighted by Crippen LogP contribution is 2.39. The van der Waals surface area contributed by atoms with E-state index in [0.717, 1.165) is 34.9 Å². The molecule has 0 spiro atoms. The summed E-state index contributed by atoms with van der Waals surface area (Å²) in [6.45, 7) is 1.85. The van der Waals surface area contributed by atoms with Crippen molar-refractivity contribution in [3.05, 3.63) is 54.4 Å². The fraction of sp³-hybridized carbons (Fsp3) is 0.250. The van der Waals surface area contributed by atoms with Crippen molar-refractivity contribution in [2.75, 3.05) is 0 Å². The molecule has 1 fully saturated rings. The van der Waals surface area contributed by atoms with Crippen molar-refractivity contribution >= 4 is 10.8 Å². The first kappa shape index (κ1) is 16.0. The summed E-state index contributed by atoms with van der Waals surface area (Å²) < 4.78 is 17.4. The second-order valence-electron chi connectivity index (χ2n) is 7.00. The molecule has 0 aliphatic heterocycles. The fourth-order valence-corrected chi connectivity index (χ4v) is 3.67. The Balaban J connectivity index is 1.59. The molecule has 136 valence electrons. The summed E-state index contributed by atoms with van der Waals surface area (Å²) in [7, 11) is 0. The van der Waals surface area contributed by atoms with Gasteiger partial charge in [-0.15, -0.1) is 5.10 Å². The van der Waals surface area contributed by atoms with E-state index in [-0.39, 0.29) is 5.69 Å². The zero-order chi connectivity index (χ0) is 18.5. The molecule has 0 bridgehead atoms. The SMILES string of the molecule is Cc1c(-c2ccc3c(O)n(C4CCC4)cc3c2)nnn1-c1cccnc1F. The second kappa shape index (κ2) is 5.90. The van der Waals surface area contributed by atoms with Crippen LogP contribution in [0.5, 0.6) is 5.88 Å². The van der Waals surface area contributed by atoms with E-state index in [1.54, 1.807) is 12.1 Å². The van der Waals surface area contributed by atoms with Crippen LogP contribution in [-0.4, -0.2) is 29.7 Å². The Morgan fingerprint density at radius 1 is 1.22 bits per heavy atom. The number of rotatable bonds is 3. The monoisotopic (exact) mass is 363 g/mol. The van der Waals surface area contributed by atoms with Crippen molar-refractivity contribution in [2.45, 2.75) is 32.2 Å². The van der Waals surface area contributed by atoms with Gasteiger partial charge in [0.2, 0.25) is 5.95 Å². The van der Waals surface area contributed by atoms with Gasteiger partial charge >= 0.3 is 0 Å². The third kappa shape index (κ3) is 2.42. The lowest BCUT2D eigenvalue weighted by atomic mass is 9.93. The summed E-state index contributed by atoms with van der Waals surface area (Å²) in [5, 5.41) is 20.7. The van der Waals surface area contributed by atoms with Crippen molar-refractivity contribution in [3.63, 3.8) is 0 Å². The molecule has 3 aromatic heterocycles. The zero-order valence-electron chi connectivity index (χ0n) is 14.8. The van der Waals surface area contributed by atoms with Crippen LogP contribution in [0.1, 0.15) is 31.0 Å². The molecule has 27 heavy (non-hydrogen) atoms. The first-order valence-corrected chi connectivity index (χ1v) is 9.00. The van der Waals surface area contributed by atoms with E-state index in [1.165, 1.54) is 17.3 Å². The number of fused-ring (bicyclic) bond motifs is 1. The molecule has 0 atom stereocenters. The minimum Gasteiger partial charge on any atom is -0.494 e. The summed E-state index contributed by atoms with van der Waals surface area (Å²) in [6.07, 6.45) is 6.81. The fourth-order valence-electron chi connectivity index (χ4n) is 3.67. The van der Waals surface area contributed by atoms with Crippen molar-refractivity contribution < 1.29 is 9.50 Å². The third-order valence-corrected chi connectivity index (χ3v) is 5.42. The normalized spacial score (nSPS) is 14.6. The van der Waals surface area contributed by atoms with Gasteiger partial charge in [0.1, 0.15) is 11.4 Å². The average molecular weight is 363 g/mol. The summed E-state index contributed by atoms with van der Waals surface area (Å²) >= 11 is 0. The molecule has 6 nitrogen and oxygen atoms in total. The highest BCUT2D eigenvalue weighted by atomic mass is 19.1. The van der Waals surface area contributed by atoms with E-state index < -0.39 is 5.95 Å². The number of halogens is 1. The van der Waals surface area contributed by atoms with Gasteiger partial charge in [-0.25, -0.2) is 9.67 Å². The highest BCUT2D eigenvalue weighted by molar-refractivity contribution is 5.91. The maximum Gasteiger partial charge on any atom is 0.238 e. The number of aromatic nitrogens is 5. The smallest absolute Gasteiger partial charge is 0.238 e. The van der Waals surface area contributed by atoms with E-state index >= 15 is 0 Å². The molecule has 4 aromatic rings. The second-order valence-corrected chi connectivity index (χ2v) is 7.00. The molecule has 0 saturated heterocycles. The number of aromatic hydroxyl groups is 1. The van der Waals surface area contributed by atoms with Crippen molar-refractivity contribution in [1.29, 1.82) is 0 Å². The lowest BCUT2D eigenvalue weighted by Gasteiger charge is -2.27. The maximum absolute atomic E-state index is 14.0. The van der Waals surface area contributed by atoms with Gasteiger partial charge in [0.25, 0.3) is 0 Å². The minimum absolute atomic E-state index is 0.267. The summed E-state index contributed by atoms with van der Waals surface area (Å²) in [5.41, 5.74) is 2.55. The molecular formula is C20H18FN5O. The average Bonchev–Trinajstić information content (AvgIpc) is 3.15. The number of benzene rings is 1. The predicted octanol–water partition coefficient (Wildman–Crippen LogP) is 4.16. The van der Waals surface area contributed by atoms with Crippen LogP contribution in [0, 0.1) is 12.9 Å². The van der Waals surface area contributed by atoms with Crippen LogP contribution in [0.3, 0.4) is 0 Å². The van der Waals surface area contributed by atoms with Gasteiger partial charge in [-0.05, 0) is 50.5 Å². The maximum atomic E-state index is 14.0. The van der Waals surface area contributed by atoms with Crippen molar-refractivity contribution in [1.82, 2.24) is 24.5 Å². The Hall–Kier alpha value is -3.22. The standard InChI is InChI=1S/C20H18FN5O/c1-12-18(23-24-26(12)17-6-3-9-22-19(17)21)13-7-8-16-14(10-13)11-25(20(16)27)15-4-2-5-15/h3,6-11,15,27H,2,4-5H2,1H3. The Morgan fingerprint density at radius 2 is 2.07 bits per heavy atom. The third-order valence-electron chi connectivity index (χ3n) is 5.42. The topological polar surface area (TPSA) is 68.8 Å². The van der Waals surface area contributed by atoms with Crippen LogP contribution >= 0.6 is 0 Å². The van der Waals surface area contributed by atoms with E-state index in [0.29, 0.717) is 17.6 Å². The minimum atomic E-state index is -0.588. The van der Waals surface area contributed by atoms with Crippen LogP contribution in [0.2, 0.25) is 0 Å². The van der Waals surface area contributed by atoms with E-state index in [2.05, 4.69) is 15.3 Å². The van der Waals surface area contributed by atoms with Gasteiger partial charge in [0.05, 0.1) is 5.69 Å². The first-order valence-electron chi connectivity index (χ1n) is 9.00. The molecule has 0 radical (unpaired) electrons. The summed E-state index contributed by atoms with van der Waals surface area (Å²) in [5.74, 6) is -0.269. The largest absolute Gasteiger partial charge is 0.494 e. The van der Waals surface area contributed by atoms with Gasteiger partial charge in [0.15, 0.2) is 5.88 Å². The van der Waals surface area contributed by atoms with Crippen LogP contribution in [0.15, 0.2) is 42.7 Å². The van der Waals surface area contributed by atoms with E-state index in [1.807, 2.05) is 35.9 Å². The molecule has 3 heterocycles. The van der Waals surface area contributed by atoms with Gasteiger partial charge in [0, 0.05) is 34.8 Å². The van der Waals surface area contributed by atoms with Gasteiger partial charge < -0.3 is 9.67 Å². The Kier molecular flexibility index (Phi) is 3.50. The number of pyridine rings is 1. The predicted molar refractivity (Wildman–Crippen MR) is 99.3 cm³/mol. The summed E-state index contributed by atoms with van der Waals surface area (Å²) in [6, 6.07) is 9.47. The molecule has 1 aliphatic rings. The van der Waals surface area contributed by atoms with Crippen molar-refractivity contribution in [3.8, 4) is 22.8 Å². The van der Waals surface area contributed by atoms with E-state index in [4.69, 9.17) is 0 Å². The molecule has 1 N–H and O–H groups in total. The first-order chi connectivity index (χ1) is 13.1. The van der Waals surface area contributed by atoms with Gasteiger partial charge in [-0.2, -0.15) is 4.39 Å². The number of hydrogen-bond acceptors (Lipinski definition) is 4. The zero-order valence-corrected chi connectivity index (χ0v) is 14.8. The lowest BCUT2D eigenvalue weighted by molar-refractivity contribution is 0.283. The Bertz CT molecular complexity index is 1160. The quantitative estimate of drug-likeness (QED) is 0.555. The summed E-state index contributed by atoms with van der Waals surface area (Å²) in [4.78, 5) is 3.68. The Labute approximate surface area is 154 Å². The molecular weight excluding hydrogens is 345 g/mol. The molecule has 0 unspecified atom stereocenters. The Morgan fingerprint density at radius 3 is 2.81 bits per heavy atom. The van der Waals surface area contributed by atoms with Gasteiger partial charge in [-0.1, -0.05) is 11.3 Å². The molecule has 5 rings (SSSR count). The molecule has 1 aromatic carbocycles. The van der Waals surface area contributed by atoms with Crippen molar-refractivity contribution in [2.24, 2.45) is 0 Å². The number of hydrogen-bond donors (Lipinski definition) is 1. The van der Waals surface area contributed by atoms with Gasteiger partial charge in [-0.3, -0.25) is 0 Å². The molecule has 7 heteroatoms. The molecule has 1 saturated carbocycles. The molecule has 0 amide bonds. The van der Waals surface area contributed by atoms with Crippen LogP contribution in [0.4, 0.5) is 4.39 Å².